The summed E-state index contributed by atoms with van der Waals surface area (Å²) >= 11 is 0. The van der Waals surface area contributed by atoms with Crippen LogP contribution in [0, 0.1) is 24.5 Å². The zero-order chi connectivity index (χ0) is 18.3. The molecule has 3 aromatic rings. The number of anilines is 1. The van der Waals surface area contributed by atoms with Crippen LogP contribution in [0.15, 0.2) is 30.6 Å². The third-order valence-corrected chi connectivity index (χ3v) is 4.74. The van der Waals surface area contributed by atoms with Gasteiger partial charge in [-0.2, -0.15) is 14.6 Å². The summed E-state index contributed by atoms with van der Waals surface area (Å²) in [7, 11) is 0. The van der Waals surface area contributed by atoms with Crippen molar-refractivity contribution in [2.24, 2.45) is 5.92 Å². The number of carbonyl (C=O) groups is 1. The van der Waals surface area contributed by atoms with Gasteiger partial charge in [0.2, 0.25) is 0 Å². The highest BCUT2D eigenvalue weighted by molar-refractivity contribution is 5.98. The van der Waals surface area contributed by atoms with Gasteiger partial charge >= 0.3 is 0 Å². The van der Waals surface area contributed by atoms with Crippen molar-refractivity contribution in [2.75, 3.05) is 18.0 Å². The topological polar surface area (TPSA) is 63.4 Å². The first-order valence-corrected chi connectivity index (χ1v) is 8.44. The summed E-state index contributed by atoms with van der Waals surface area (Å²) in [5.74, 6) is -0.538. The molecule has 1 fully saturated rings. The third kappa shape index (κ3) is 2.91. The Morgan fingerprint density at radius 2 is 1.96 bits per heavy atom. The molecule has 0 bridgehead atoms. The van der Waals surface area contributed by atoms with Crippen LogP contribution in [0.5, 0.6) is 0 Å². The van der Waals surface area contributed by atoms with Crippen molar-refractivity contribution in [3.8, 4) is 0 Å². The van der Waals surface area contributed by atoms with Crippen LogP contribution < -0.4 is 4.90 Å². The highest BCUT2D eigenvalue weighted by atomic mass is 19.1. The third-order valence-electron chi connectivity index (χ3n) is 4.74. The number of ketones is 1. The van der Waals surface area contributed by atoms with Crippen molar-refractivity contribution in [2.45, 2.75) is 19.8 Å². The number of aryl methyl sites for hydroxylation is 1. The van der Waals surface area contributed by atoms with Crippen LogP contribution in [0.25, 0.3) is 5.78 Å². The van der Waals surface area contributed by atoms with Crippen LogP contribution in [-0.2, 0) is 0 Å². The lowest BCUT2D eigenvalue weighted by atomic mass is 9.88. The number of fused-ring (bicyclic) bond motifs is 1. The number of nitrogens with zero attached hydrogens (tertiary/aromatic N) is 5. The second-order valence-electron chi connectivity index (χ2n) is 6.48. The van der Waals surface area contributed by atoms with E-state index in [1.165, 1.54) is 6.33 Å². The maximum Gasteiger partial charge on any atom is 0.254 e. The number of aromatic nitrogens is 4. The van der Waals surface area contributed by atoms with Gasteiger partial charge in [-0.15, -0.1) is 0 Å². The molecule has 0 amide bonds. The molecule has 1 saturated heterocycles. The first-order chi connectivity index (χ1) is 12.5. The molecule has 2 aromatic heterocycles. The molecule has 3 heterocycles. The first kappa shape index (κ1) is 16.6. The minimum Gasteiger partial charge on any atom is -0.356 e. The van der Waals surface area contributed by atoms with Crippen molar-refractivity contribution < 1.29 is 13.6 Å². The fourth-order valence-electron chi connectivity index (χ4n) is 3.41. The van der Waals surface area contributed by atoms with Crippen LogP contribution in [-0.4, -0.2) is 38.5 Å². The highest BCUT2D eigenvalue weighted by Gasteiger charge is 2.29. The van der Waals surface area contributed by atoms with Crippen molar-refractivity contribution in [1.82, 2.24) is 19.6 Å². The van der Waals surface area contributed by atoms with E-state index in [0.29, 0.717) is 31.7 Å². The fourth-order valence-corrected chi connectivity index (χ4v) is 3.41. The number of piperidine rings is 1. The van der Waals surface area contributed by atoms with Gasteiger partial charge in [0.1, 0.15) is 23.8 Å². The van der Waals surface area contributed by atoms with E-state index in [1.54, 1.807) is 4.52 Å². The molecule has 8 heteroatoms. The number of rotatable bonds is 3. The second kappa shape index (κ2) is 6.44. The summed E-state index contributed by atoms with van der Waals surface area (Å²) < 4.78 is 28.9. The van der Waals surface area contributed by atoms with Crippen LogP contribution >= 0.6 is 0 Å². The van der Waals surface area contributed by atoms with Gasteiger partial charge in [-0.1, -0.05) is 0 Å². The lowest BCUT2D eigenvalue weighted by Crippen LogP contribution is -2.37. The monoisotopic (exact) mass is 357 g/mol. The van der Waals surface area contributed by atoms with Gasteiger partial charge in [-0.3, -0.25) is 4.79 Å². The van der Waals surface area contributed by atoms with Gasteiger partial charge in [0.15, 0.2) is 5.78 Å². The molecule has 0 aliphatic carbocycles. The minimum atomic E-state index is -0.673. The van der Waals surface area contributed by atoms with E-state index in [4.69, 9.17) is 0 Å². The molecule has 0 radical (unpaired) electrons. The lowest BCUT2D eigenvalue weighted by molar-refractivity contribution is 0.0895. The molecule has 1 aliphatic rings. The summed E-state index contributed by atoms with van der Waals surface area (Å²) in [6.07, 6.45) is 2.58. The number of carbonyl (C=O) groups excluding carboxylic acids is 1. The van der Waals surface area contributed by atoms with Gasteiger partial charge in [0, 0.05) is 30.8 Å². The van der Waals surface area contributed by atoms with Gasteiger partial charge in [-0.05, 0) is 38.0 Å². The Hall–Kier alpha value is -2.90. The molecule has 0 saturated carbocycles. The summed E-state index contributed by atoms with van der Waals surface area (Å²) in [5, 5.41) is 4.20. The molecule has 1 aliphatic heterocycles. The Morgan fingerprint density at radius 1 is 1.19 bits per heavy atom. The van der Waals surface area contributed by atoms with Crippen molar-refractivity contribution >= 4 is 17.4 Å². The van der Waals surface area contributed by atoms with Gasteiger partial charge < -0.3 is 4.90 Å². The molecule has 26 heavy (non-hydrogen) atoms. The molecule has 1 aromatic carbocycles. The van der Waals surface area contributed by atoms with Crippen molar-refractivity contribution in [3.05, 3.63) is 53.5 Å². The molecule has 0 atom stereocenters. The Bertz CT molecular complexity index is 979. The predicted molar refractivity (Wildman–Crippen MR) is 91.1 cm³/mol. The summed E-state index contributed by atoms with van der Waals surface area (Å²) in [6, 6.07) is 4.92. The maximum atomic E-state index is 13.9. The number of halogens is 2. The quantitative estimate of drug-likeness (QED) is 0.675. The molecular formula is C18H17F2N5O. The number of benzene rings is 1. The maximum absolute atomic E-state index is 13.9. The number of Topliss-reactive ketones (excluding diaryl/α,β-unsaturated/α-hetero) is 1. The number of hydrogen-bond donors (Lipinski definition) is 0. The largest absolute Gasteiger partial charge is 0.356 e. The molecule has 0 spiro atoms. The van der Waals surface area contributed by atoms with E-state index < -0.39 is 11.6 Å². The Labute approximate surface area is 148 Å². The fraction of sp³-hybridized carbons (Fsp3) is 0.333. The van der Waals surface area contributed by atoms with Crippen LogP contribution in [0.4, 0.5) is 14.6 Å². The number of hydrogen-bond acceptors (Lipinski definition) is 5. The zero-order valence-corrected chi connectivity index (χ0v) is 14.2. The van der Waals surface area contributed by atoms with Gasteiger partial charge in [0.25, 0.3) is 5.78 Å². The van der Waals surface area contributed by atoms with Crippen molar-refractivity contribution in [1.29, 1.82) is 0 Å². The van der Waals surface area contributed by atoms with Crippen molar-refractivity contribution in [3.63, 3.8) is 0 Å². The summed E-state index contributed by atoms with van der Waals surface area (Å²) in [4.78, 5) is 23.1. The van der Waals surface area contributed by atoms with Crippen LogP contribution in [0.1, 0.15) is 28.9 Å². The molecule has 6 nitrogen and oxygen atoms in total. The zero-order valence-electron chi connectivity index (χ0n) is 14.2. The standard InChI is InChI=1S/C18H17F2N5O/c1-11-8-16(25-18(23-11)21-10-22-25)24-6-4-12(5-7-24)17(26)14-9-13(19)2-3-15(14)20/h2-3,8-10,12H,4-7H2,1H3. The second-order valence-corrected chi connectivity index (χ2v) is 6.48. The molecule has 4 rings (SSSR count). The lowest BCUT2D eigenvalue weighted by Gasteiger charge is -2.33. The Kier molecular flexibility index (Phi) is 4.10. The van der Waals surface area contributed by atoms with E-state index in [0.717, 1.165) is 29.7 Å². The van der Waals surface area contributed by atoms with Crippen LogP contribution in [0.3, 0.4) is 0 Å². The average Bonchev–Trinajstić information content (AvgIpc) is 3.11. The van der Waals surface area contributed by atoms with E-state index in [1.807, 2.05) is 13.0 Å². The Morgan fingerprint density at radius 3 is 2.73 bits per heavy atom. The van der Waals surface area contributed by atoms with Gasteiger partial charge in [0.05, 0.1) is 5.56 Å². The average molecular weight is 357 g/mol. The predicted octanol–water partition coefficient (Wildman–Crippen LogP) is 2.81. The van der Waals surface area contributed by atoms with E-state index in [-0.39, 0.29) is 17.3 Å². The molecule has 134 valence electrons. The molecular weight excluding hydrogens is 340 g/mol. The SMILES string of the molecule is Cc1cc(N2CCC(C(=O)c3cc(F)ccc3F)CC2)n2ncnc2n1. The Balaban J connectivity index is 1.53. The molecule has 0 unspecified atom stereocenters. The molecule has 0 N–H and O–H groups in total. The normalized spacial score (nSPS) is 15.6. The van der Waals surface area contributed by atoms with E-state index in [9.17, 15) is 13.6 Å². The minimum absolute atomic E-state index is 0.165. The first-order valence-electron chi connectivity index (χ1n) is 8.44. The smallest absolute Gasteiger partial charge is 0.254 e. The summed E-state index contributed by atoms with van der Waals surface area (Å²) in [6.45, 7) is 3.12. The summed E-state index contributed by atoms with van der Waals surface area (Å²) in [5.41, 5.74) is 0.669. The highest BCUT2D eigenvalue weighted by Crippen LogP contribution is 2.27. The van der Waals surface area contributed by atoms with Crippen LogP contribution in [0.2, 0.25) is 0 Å². The van der Waals surface area contributed by atoms with Gasteiger partial charge in [-0.25, -0.2) is 13.8 Å². The van der Waals surface area contributed by atoms with E-state index in [2.05, 4.69) is 20.0 Å². The van der Waals surface area contributed by atoms with E-state index >= 15 is 0 Å².